The summed E-state index contributed by atoms with van der Waals surface area (Å²) in [5, 5.41) is 16.6. The van der Waals surface area contributed by atoms with Gasteiger partial charge < -0.3 is 0 Å². The van der Waals surface area contributed by atoms with E-state index in [0.29, 0.717) is 0 Å². The summed E-state index contributed by atoms with van der Waals surface area (Å²) in [6, 6.07) is 4.99. The Hall–Kier alpha value is -1.91. The minimum Gasteiger partial charge on any atom is -0.265 e. The van der Waals surface area contributed by atoms with Crippen LogP contribution in [-0.4, -0.2) is 14.7 Å². The Morgan fingerprint density at radius 2 is 1.77 bits per heavy atom. The lowest BCUT2D eigenvalue weighted by Crippen LogP contribution is -2.52. The van der Waals surface area contributed by atoms with Gasteiger partial charge in [-0.1, -0.05) is 0 Å². The Morgan fingerprint density at radius 1 is 1.14 bits per heavy atom. The van der Waals surface area contributed by atoms with Crippen molar-refractivity contribution in [2.24, 2.45) is 17.8 Å². The van der Waals surface area contributed by atoms with Gasteiger partial charge in [0, 0.05) is 23.7 Å². The largest absolute Gasteiger partial charge is 0.270 e. The smallest absolute Gasteiger partial charge is 0.265 e. The minimum atomic E-state index is -0.332. The van der Waals surface area contributed by atoms with Crippen LogP contribution in [0.25, 0.3) is 10.9 Å². The van der Waals surface area contributed by atoms with Crippen LogP contribution < -0.4 is 0 Å². The van der Waals surface area contributed by atoms with E-state index < -0.39 is 0 Å². The number of aromatic nitrogens is 2. The molecule has 4 saturated carbocycles. The van der Waals surface area contributed by atoms with Crippen LogP contribution >= 0.6 is 0 Å². The van der Waals surface area contributed by atoms with Gasteiger partial charge in [0.15, 0.2) is 0 Å². The van der Waals surface area contributed by atoms with E-state index in [1.165, 1.54) is 38.5 Å². The zero-order valence-electron chi connectivity index (χ0n) is 12.4. The molecule has 5 heteroatoms. The average Bonchev–Trinajstić information content (AvgIpc) is 2.89. The number of hydrogen-bond acceptors (Lipinski definition) is 3. The van der Waals surface area contributed by atoms with Crippen LogP contribution in [-0.2, 0) is 5.54 Å². The molecule has 4 bridgehead atoms. The van der Waals surface area contributed by atoms with Gasteiger partial charge in [-0.05, 0) is 62.3 Å². The van der Waals surface area contributed by atoms with E-state index in [1.807, 2.05) is 0 Å². The highest BCUT2D eigenvalue weighted by atomic mass is 16.6. The van der Waals surface area contributed by atoms with Crippen LogP contribution in [0.1, 0.15) is 38.5 Å². The molecule has 0 radical (unpaired) electrons. The Kier molecular flexibility index (Phi) is 2.34. The number of nitro benzene ring substituents is 1. The van der Waals surface area contributed by atoms with Gasteiger partial charge in [0.2, 0.25) is 0 Å². The molecule has 1 aromatic carbocycles. The number of hydrogen-bond donors (Lipinski definition) is 0. The second-order valence-electron chi connectivity index (χ2n) is 7.72. The number of nitro groups is 1. The molecule has 0 unspecified atom stereocenters. The summed E-state index contributed by atoms with van der Waals surface area (Å²) in [5.41, 5.74) is 1.21. The fourth-order valence-corrected chi connectivity index (χ4v) is 5.72. The molecule has 0 N–H and O–H groups in total. The van der Waals surface area contributed by atoms with E-state index >= 15 is 0 Å². The van der Waals surface area contributed by atoms with E-state index in [4.69, 9.17) is 5.10 Å². The molecule has 1 heterocycles. The van der Waals surface area contributed by atoms with E-state index in [-0.39, 0.29) is 16.1 Å². The van der Waals surface area contributed by atoms with Gasteiger partial charge >= 0.3 is 0 Å². The quantitative estimate of drug-likeness (QED) is 0.624. The average molecular weight is 297 g/mol. The first-order chi connectivity index (χ1) is 10.6. The van der Waals surface area contributed by atoms with Gasteiger partial charge in [-0.15, -0.1) is 0 Å². The molecule has 0 atom stereocenters. The SMILES string of the molecule is O=[N+]([O-])c1ccc2nn(C34CC5CC(CC(C5)C3)C4)cc2c1. The summed E-state index contributed by atoms with van der Waals surface area (Å²) < 4.78 is 2.17. The van der Waals surface area contributed by atoms with E-state index in [2.05, 4.69) is 10.9 Å². The summed E-state index contributed by atoms with van der Waals surface area (Å²) in [6.45, 7) is 0. The predicted molar refractivity (Wildman–Crippen MR) is 82.5 cm³/mol. The number of non-ortho nitro benzene ring substituents is 1. The van der Waals surface area contributed by atoms with Crippen molar-refractivity contribution in [1.29, 1.82) is 0 Å². The Balaban J connectivity index is 1.60. The lowest BCUT2D eigenvalue weighted by atomic mass is 9.53. The summed E-state index contributed by atoms with van der Waals surface area (Å²) in [7, 11) is 0. The van der Waals surface area contributed by atoms with Crippen molar-refractivity contribution >= 4 is 16.6 Å². The van der Waals surface area contributed by atoms with Gasteiger partial charge in [-0.2, -0.15) is 5.10 Å². The zero-order valence-corrected chi connectivity index (χ0v) is 12.4. The molecule has 2 aromatic rings. The van der Waals surface area contributed by atoms with Gasteiger partial charge in [0.1, 0.15) is 0 Å². The van der Waals surface area contributed by atoms with E-state index in [9.17, 15) is 10.1 Å². The first kappa shape index (κ1) is 12.6. The highest BCUT2D eigenvalue weighted by Crippen LogP contribution is 2.58. The van der Waals surface area contributed by atoms with Crippen LogP contribution in [0.3, 0.4) is 0 Å². The lowest BCUT2D eigenvalue weighted by molar-refractivity contribution is -0.384. The molecule has 4 fully saturated rings. The molecule has 0 saturated heterocycles. The van der Waals surface area contributed by atoms with Crippen molar-refractivity contribution in [3.63, 3.8) is 0 Å². The topological polar surface area (TPSA) is 61.0 Å². The third-order valence-corrected chi connectivity index (χ3v) is 6.19. The normalized spacial score (nSPS) is 36.1. The minimum absolute atomic E-state index is 0.151. The number of nitrogens with zero attached hydrogens (tertiary/aromatic N) is 3. The third kappa shape index (κ3) is 1.68. The van der Waals surface area contributed by atoms with Crippen molar-refractivity contribution in [2.75, 3.05) is 0 Å². The Morgan fingerprint density at radius 3 is 2.36 bits per heavy atom. The molecule has 114 valence electrons. The molecular formula is C17H19N3O2. The summed E-state index contributed by atoms with van der Waals surface area (Å²) >= 11 is 0. The molecular weight excluding hydrogens is 278 g/mol. The second-order valence-corrected chi connectivity index (χ2v) is 7.72. The predicted octanol–water partition coefficient (Wildman–Crippen LogP) is 3.87. The zero-order chi connectivity index (χ0) is 14.9. The van der Waals surface area contributed by atoms with Crippen molar-refractivity contribution in [2.45, 2.75) is 44.1 Å². The third-order valence-electron chi connectivity index (χ3n) is 6.19. The fraction of sp³-hybridized carbons (Fsp3) is 0.588. The van der Waals surface area contributed by atoms with Crippen molar-refractivity contribution in [3.05, 3.63) is 34.5 Å². The Bertz CT molecular complexity index is 744. The molecule has 0 amide bonds. The second kappa shape index (κ2) is 4.09. The first-order valence-corrected chi connectivity index (χ1v) is 8.26. The van der Waals surface area contributed by atoms with Crippen LogP contribution in [0.15, 0.2) is 24.4 Å². The summed E-state index contributed by atoms with van der Waals surface area (Å²) in [4.78, 5) is 10.6. The van der Waals surface area contributed by atoms with Crippen molar-refractivity contribution in [1.82, 2.24) is 9.78 Å². The number of rotatable bonds is 2. The van der Waals surface area contributed by atoms with Gasteiger partial charge in [0.25, 0.3) is 5.69 Å². The molecule has 22 heavy (non-hydrogen) atoms. The molecule has 0 aliphatic heterocycles. The molecule has 6 rings (SSSR count). The molecule has 0 spiro atoms. The van der Waals surface area contributed by atoms with Gasteiger partial charge in [-0.25, -0.2) is 0 Å². The molecule has 4 aliphatic carbocycles. The summed E-state index contributed by atoms with van der Waals surface area (Å²) in [6.07, 6.45) is 10.0. The maximum atomic E-state index is 11.0. The molecule has 4 aliphatic rings. The first-order valence-electron chi connectivity index (χ1n) is 8.26. The molecule has 1 aromatic heterocycles. The van der Waals surface area contributed by atoms with Crippen LogP contribution in [0.4, 0.5) is 5.69 Å². The monoisotopic (exact) mass is 297 g/mol. The van der Waals surface area contributed by atoms with Crippen molar-refractivity contribution < 1.29 is 4.92 Å². The molecule has 5 nitrogen and oxygen atoms in total. The van der Waals surface area contributed by atoms with Gasteiger partial charge in [-0.3, -0.25) is 14.8 Å². The number of benzene rings is 1. The lowest BCUT2D eigenvalue weighted by Gasteiger charge is -2.56. The number of fused-ring (bicyclic) bond motifs is 1. The summed E-state index contributed by atoms with van der Waals surface area (Å²) in [5.74, 6) is 2.61. The standard InChI is InChI=1S/C17H19N3O2/c21-20(22)15-1-2-16-14(6-15)10-19(18-16)17-7-11-3-12(8-17)5-13(4-11)9-17/h1-2,6,10-13H,3-5,7-9H2. The van der Waals surface area contributed by atoms with Crippen LogP contribution in [0, 0.1) is 27.9 Å². The highest BCUT2D eigenvalue weighted by Gasteiger charge is 2.52. The maximum absolute atomic E-state index is 11.0. The van der Waals surface area contributed by atoms with Crippen LogP contribution in [0.2, 0.25) is 0 Å². The van der Waals surface area contributed by atoms with Crippen LogP contribution in [0.5, 0.6) is 0 Å². The van der Waals surface area contributed by atoms with Gasteiger partial charge in [0.05, 0.1) is 16.0 Å². The maximum Gasteiger partial charge on any atom is 0.270 e. The Labute approximate surface area is 128 Å². The highest BCUT2D eigenvalue weighted by molar-refractivity contribution is 5.80. The van der Waals surface area contributed by atoms with E-state index in [1.54, 1.807) is 18.2 Å². The fourth-order valence-electron chi connectivity index (χ4n) is 5.72. The van der Waals surface area contributed by atoms with E-state index in [0.717, 1.165) is 28.7 Å². The van der Waals surface area contributed by atoms with Crippen molar-refractivity contribution in [3.8, 4) is 0 Å².